The molecule has 0 aliphatic carbocycles. The van der Waals surface area contributed by atoms with Crippen molar-refractivity contribution < 1.29 is 23.7 Å². The largest absolute Gasteiger partial charge is 0.497 e. The summed E-state index contributed by atoms with van der Waals surface area (Å²) in [7, 11) is 3.29. The van der Waals surface area contributed by atoms with Crippen LogP contribution >= 0.6 is 0 Å². The number of carbonyl (C=O) groups excluding carboxylic acids is 1. The molecule has 0 aromatic heterocycles. The fourth-order valence-electron chi connectivity index (χ4n) is 4.33. The number of hydrogen-bond acceptors (Lipinski definition) is 6. The van der Waals surface area contributed by atoms with Crippen LogP contribution in [0.5, 0.6) is 23.0 Å². The van der Waals surface area contributed by atoms with Gasteiger partial charge in [0.15, 0.2) is 5.76 Å². The minimum absolute atomic E-state index is 0.116. The Balaban J connectivity index is 1.46. The third kappa shape index (κ3) is 3.94. The fourth-order valence-corrected chi connectivity index (χ4v) is 4.33. The van der Waals surface area contributed by atoms with Crippen LogP contribution in [-0.4, -0.2) is 31.6 Å². The molecule has 2 aliphatic heterocycles. The molecule has 0 saturated carbocycles. The van der Waals surface area contributed by atoms with Gasteiger partial charge in [-0.15, -0.1) is 0 Å². The van der Waals surface area contributed by atoms with E-state index < -0.39 is 0 Å². The lowest BCUT2D eigenvalue weighted by Gasteiger charge is -2.30. The molecule has 0 spiro atoms. The smallest absolute Gasteiger partial charge is 0.232 e. The highest BCUT2D eigenvalue weighted by Gasteiger charge is 2.35. The molecule has 0 radical (unpaired) electrons. The fraction of sp³-hybridized carbons (Fsp3) is 0.222. The Morgan fingerprint density at radius 1 is 1.06 bits per heavy atom. The highest BCUT2D eigenvalue weighted by molar-refractivity contribution is 6.15. The number of nitrogens with zero attached hydrogens (tertiary/aromatic N) is 1. The zero-order valence-corrected chi connectivity index (χ0v) is 18.9. The Morgan fingerprint density at radius 3 is 2.73 bits per heavy atom. The number of ketones is 1. The molecule has 0 fully saturated rings. The summed E-state index contributed by atoms with van der Waals surface area (Å²) in [6.07, 6.45) is 1.76. The van der Waals surface area contributed by atoms with Crippen molar-refractivity contribution >= 4 is 11.9 Å². The Hall–Kier alpha value is -3.77. The molecule has 5 rings (SSSR count). The average Bonchev–Trinajstić information content (AvgIpc) is 3.16. The van der Waals surface area contributed by atoms with E-state index in [0.717, 1.165) is 39.5 Å². The van der Waals surface area contributed by atoms with Crippen molar-refractivity contribution in [3.8, 4) is 23.0 Å². The summed E-state index contributed by atoms with van der Waals surface area (Å²) in [4.78, 5) is 15.4. The lowest BCUT2D eigenvalue weighted by Crippen LogP contribution is -2.32. The highest BCUT2D eigenvalue weighted by Crippen LogP contribution is 2.44. The van der Waals surface area contributed by atoms with Gasteiger partial charge in [0, 0.05) is 18.7 Å². The van der Waals surface area contributed by atoms with Gasteiger partial charge < -0.3 is 18.9 Å². The number of carbonyl (C=O) groups is 1. The summed E-state index contributed by atoms with van der Waals surface area (Å²) in [5.74, 6) is 3.10. The Labute approximate surface area is 193 Å². The topological polar surface area (TPSA) is 57.2 Å². The van der Waals surface area contributed by atoms with E-state index in [9.17, 15) is 4.79 Å². The summed E-state index contributed by atoms with van der Waals surface area (Å²) in [6, 6.07) is 17.4. The molecule has 2 heterocycles. The van der Waals surface area contributed by atoms with E-state index in [2.05, 4.69) is 4.90 Å². The van der Waals surface area contributed by atoms with E-state index in [-0.39, 0.29) is 5.78 Å². The summed E-state index contributed by atoms with van der Waals surface area (Å²) in [5.41, 5.74) is 4.25. The molecule has 0 unspecified atom stereocenters. The van der Waals surface area contributed by atoms with Crippen LogP contribution < -0.4 is 18.9 Å². The summed E-state index contributed by atoms with van der Waals surface area (Å²) in [6.45, 7) is 3.63. The molecule has 0 N–H and O–H groups in total. The predicted octanol–water partition coefficient (Wildman–Crippen LogP) is 4.98. The second-order valence-electron chi connectivity index (χ2n) is 8.16. The van der Waals surface area contributed by atoms with Crippen LogP contribution in [0.3, 0.4) is 0 Å². The van der Waals surface area contributed by atoms with Crippen molar-refractivity contribution in [3.05, 3.63) is 88.2 Å². The molecule has 6 heteroatoms. The number of benzene rings is 3. The Bertz CT molecular complexity index is 1260. The first-order chi connectivity index (χ1) is 16.1. The Kier molecular flexibility index (Phi) is 5.52. The third-order valence-electron chi connectivity index (χ3n) is 5.97. The monoisotopic (exact) mass is 443 g/mol. The minimum atomic E-state index is -0.116. The van der Waals surface area contributed by atoms with Gasteiger partial charge in [0.1, 0.15) is 29.7 Å². The number of rotatable bonds is 5. The van der Waals surface area contributed by atoms with Crippen molar-refractivity contribution in [2.45, 2.75) is 20.0 Å². The number of para-hydroxylation sites is 1. The molecule has 0 atom stereocenters. The standard InChI is InChI=1S/C27H25NO5/c1-17-11-23-21(15-28(16-32-23)14-19-8-4-5-10-22(19)31-3)27-25(17)26(29)24(33-27)13-18-7-6-9-20(12-18)30-2/h4-13H,14-16H2,1-3H3/b24-13-. The van der Waals surface area contributed by atoms with Crippen LogP contribution in [0.1, 0.15) is 32.6 Å². The molecule has 2 aliphatic rings. The van der Waals surface area contributed by atoms with E-state index in [1.54, 1.807) is 20.3 Å². The molecule has 33 heavy (non-hydrogen) atoms. The molecule has 3 aromatic carbocycles. The van der Waals surface area contributed by atoms with E-state index in [0.29, 0.717) is 36.9 Å². The Morgan fingerprint density at radius 2 is 1.91 bits per heavy atom. The number of fused-ring (bicyclic) bond motifs is 3. The van der Waals surface area contributed by atoms with Crippen molar-refractivity contribution in [2.24, 2.45) is 0 Å². The second kappa shape index (κ2) is 8.64. The average molecular weight is 443 g/mol. The maximum absolute atomic E-state index is 13.2. The van der Waals surface area contributed by atoms with Crippen molar-refractivity contribution in [2.75, 3.05) is 21.0 Å². The molecule has 0 saturated heterocycles. The van der Waals surface area contributed by atoms with Gasteiger partial charge in [-0.25, -0.2) is 0 Å². The van der Waals surface area contributed by atoms with Gasteiger partial charge in [0.2, 0.25) is 5.78 Å². The summed E-state index contributed by atoms with van der Waals surface area (Å²) >= 11 is 0. The lowest BCUT2D eigenvalue weighted by atomic mass is 9.98. The molecule has 168 valence electrons. The van der Waals surface area contributed by atoms with E-state index >= 15 is 0 Å². The maximum Gasteiger partial charge on any atom is 0.232 e. The first-order valence-corrected chi connectivity index (χ1v) is 10.8. The predicted molar refractivity (Wildman–Crippen MR) is 125 cm³/mol. The third-order valence-corrected chi connectivity index (χ3v) is 5.97. The van der Waals surface area contributed by atoms with Gasteiger partial charge in [-0.05, 0) is 48.4 Å². The summed E-state index contributed by atoms with van der Waals surface area (Å²) in [5, 5.41) is 0. The molecule has 0 amide bonds. The quantitative estimate of drug-likeness (QED) is 0.519. The van der Waals surface area contributed by atoms with Gasteiger partial charge in [0.25, 0.3) is 0 Å². The van der Waals surface area contributed by atoms with Gasteiger partial charge in [-0.2, -0.15) is 0 Å². The molecular weight excluding hydrogens is 418 g/mol. The van der Waals surface area contributed by atoms with Crippen LogP contribution in [0.25, 0.3) is 6.08 Å². The van der Waals surface area contributed by atoms with Crippen LogP contribution in [0.15, 0.2) is 60.4 Å². The summed E-state index contributed by atoms with van der Waals surface area (Å²) < 4.78 is 23.0. The van der Waals surface area contributed by atoms with Crippen LogP contribution in [0.2, 0.25) is 0 Å². The van der Waals surface area contributed by atoms with E-state index in [1.807, 2.05) is 61.5 Å². The first-order valence-electron chi connectivity index (χ1n) is 10.8. The minimum Gasteiger partial charge on any atom is -0.497 e. The van der Waals surface area contributed by atoms with Gasteiger partial charge in [-0.3, -0.25) is 9.69 Å². The van der Waals surface area contributed by atoms with Crippen molar-refractivity contribution in [1.29, 1.82) is 0 Å². The van der Waals surface area contributed by atoms with Gasteiger partial charge in [0.05, 0.1) is 25.3 Å². The van der Waals surface area contributed by atoms with E-state index in [4.69, 9.17) is 18.9 Å². The number of hydrogen-bond donors (Lipinski definition) is 0. The normalized spacial score (nSPS) is 16.1. The molecule has 3 aromatic rings. The molecule has 0 bridgehead atoms. The first kappa shape index (κ1) is 21.1. The molecule has 6 nitrogen and oxygen atoms in total. The maximum atomic E-state index is 13.2. The van der Waals surface area contributed by atoms with Crippen LogP contribution in [0, 0.1) is 6.92 Å². The van der Waals surface area contributed by atoms with Gasteiger partial charge >= 0.3 is 0 Å². The lowest BCUT2D eigenvalue weighted by molar-refractivity contribution is 0.0864. The van der Waals surface area contributed by atoms with E-state index in [1.165, 1.54) is 0 Å². The number of ether oxygens (including phenoxy) is 4. The van der Waals surface area contributed by atoms with Crippen molar-refractivity contribution in [1.82, 2.24) is 4.90 Å². The number of allylic oxidation sites excluding steroid dienone is 1. The van der Waals surface area contributed by atoms with Crippen LogP contribution in [-0.2, 0) is 13.1 Å². The molecular formula is C27H25NO5. The SMILES string of the molecule is COc1cccc(/C=C2\Oc3c4c(cc(C)c3C2=O)OCN(Cc2ccccc2OC)C4)c1. The zero-order chi connectivity index (χ0) is 22.9. The number of aryl methyl sites for hydroxylation is 1. The number of Topliss-reactive ketones (excluding diaryl/α,β-unsaturated/α-hetero) is 1. The highest BCUT2D eigenvalue weighted by atomic mass is 16.5. The van der Waals surface area contributed by atoms with Crippen molar-refractivity contribution in [3.63, 3.8) is 0 Å². The van der Waals surface area contributed by atoms with Gasteiger partial charge in [-0.1, -0.05) is 30.3 Å². The van der Waals surface area contributed by atoms with Crippen LogP contribution in [0.4, 0.5) is 0 Å². The zero-order valence-electron chi connectivity index (χ0n) is 18.9. The number of methoxy groups -OCH3 is 2. The second-order valence-corrected chi connectivity index (χ2v) is 8.16.